The molecule has 0 saturated carbocycles. The van der Waals surface area contributed by atoms with Gasteiger partial charge in [-0.15, -0.1) is 11.3 Å². The maximum absolute atomic E-state index is 5.55. The van der Waals surface area contributed by atoms with Crippen LogP contribution in [0.3, 0.4) is 0 Å². The molecule has 2 N–H and O–H groups in total. The highest BCUT2D eigenvalue weighted by Crippen LogP contribution is 2.31. The first-order valence-corrected chi connectivity index (χ1v) is 6.67. The average Bonchev–Trinajstić information content (AvgIpc) is 2.75. The molecule has 0 saturated heterocycles. The van der Waals surface area contributed by atoms with Gasteiger partial charge in [0.25, 0.3) is 0 Å². The lowest BCUT2D eigenvalue weighted by Gasteiger charge is -2.09. The van der Waals surface area contributed by atoms with Crippen LogP contribution in [0.25, 0.3) is 10.4 Å². The Morgan fingerprint density at radius 3 is 2.65 bits per heavy atom. The first-order valence-electron chi connectivity index (χ1n) is 5.85. The fourth-order valence-corrected chi connectivity index (χ4v) is 2.91. The van der Waals surface area contributed by atoms with E-state index < -0.39 is 0 Å². The second-order valence-electron chi connectivity index (χ2n) is 4.34. The van der Waals surface area contributed by atoms with E-state index in [-0.39, 0.29) is 0 Å². The fourth-order valence-electron chi connectivity index (χ4n) is 1.90. The van der Waals surface area contributed by atoms with E-state index >= 15 is 0 Å². The van der Waals surface area contributed by atoms with Gasteiger partial charge in [-0.2, -0.15) is 0 Å². The highest BCUT2D eigenvalue weighted by atomic mass is 32.1. The minimum absolute atomic E-state index is 0.666. The number of aromatic nitrogens is 1. The van der Waals surface area contributed by atoms with Gasteiger partial charge >= 0.3 is 0 Å². The topological polar surface area (TPSA) is 38.9 Å². The van der Waals surface area contributed by atoms with Crippen LogP contribution >= 0.6 is 11.3 Å². The Labute approximate surface area is 107 Å². The summed E-state index contributed by atoms with van der Waals surface area (Å²) in [6.07, 6.45) is 2.83. The van der Waals surface area contributed by atoms with E-state index in [1.54, 1.807) is 11.3 Å². The van der Waals surface area contributed by atoms with Gasteiger partial charge in [0.2, 0.25) is 0 Å². The van der Waals surface area contributed by atoms with Gasteiger partial charge in [-0.25, -0.2) is 4.98 Å². The molecule has 0 unspecified atom stereocenters. The summed E-state index contributed by atoms with van der Waals surface area (Å²) in [4.78, 5) is 5.66. The zero-order valence-corrected chi connectivity index (χ0v) is 11.4. The lowest BCUT2D eigenvalue weighted by molar-refractivity contribution is 0.953. The Kier molecular flexibility index (Phi) is 3.60. The average molecular weight is 246 g/mol. The standard InChI is InChI=1S/C14H18N2S/c1-9-4-5-12(11(3)10(9)2)13-8-16-14(17-13)6-7-15/h4-5,8H,6-7,15H2,1-3H3. The van der Waals surface area contributed by atoms with Crippen molar-refractivity contribution in [2.24, 2.45) is 5.73 Å². The molecule has 0 aliphatic carbocycles. The third kappa shape index (κ3) is 2.40. The summed E-state index contributed by atoms with van der Waals surface area (Å²) >= 11 is 1.75. The van der Waals surface area contributed by atoms with Crippen molar-refractivity contribution in [2.75, 3.05) is 6.54 Å². The molecule has 2 rings (SSSR count). The van der Waals surface area contributed by atoms with Crippen molar-refractivity contribution < 1.29 is 0 Å². The molecule has 0 aliphatic rings. The summed E-state index contributed by atoms with van der Waals surface area (Å²) in [6, 6.07) is 4.37. The van der Waals surface area contributed by atoms with Crippen LogP contribution in [0.5, 0.6) is 0 Å². The van der Waals surface area contributed by atoms with Crippen molar-refractivity contribution in [2.45, 2.75) is 27.2 Å². The molecule has 0 spiro atoms. The largest absolute Gasteiger partial charge is 0.330 e. The molecule has 2 aromatic rings. The van der Waals surface area contributed by atoms with Crippen LogP contribution in [-0.4, -0.2) is 11.5 Å². The lowest BCUT2D eigenvalue weighted by atomic mass is 9.98. The van der Waals surface area contributed by atoms with E-state index in [0.29, 0.717) is 6.54 Å². The smallest absolute Gasteiger partial charge is 0.0943 e. The van der Waals surface area contributed by atoms with Crippen molar-refractivity contribution in [1.29, 1.82) is 0 Å². The third-order valence-corrected chi connectivity index (χ3v) is 4.33. The summed E-state index contributed by atoms with van der Waals surface area (Å²) in [5, 5.41) is 1.13. The molecule has 0 atom stereocenters. The van der Waals surface area contributed by atoms with E-state index in [1.807, 2.05) is 6.20 Å². The first-order chi connectivity index (χ1) is 8.13. The highest BCUT2D eigenvalue weighted by molar-refractivity contribution is 7.15. The number of hydrogen-bond donors (Lipinski definition) is 1. The van der Waals surface area contributed by atoms with Gasteiger partial charge < -0.3 is 5.73 Å². The number of nitrogens with zero attached hydrogens (tertiary/aromatic N) is 1. The van der Waals surface area contributed by atoms with Crippen LogP contribution in [0, 0.1) is 20.8 Å². The molecule has 1 aromatic heterocycles. The van der Waals surface area contributed by atoms with Gasteiger partial charge in [-0.1, -0.05) is 12.1 Å². The Morgan fingerprint density at radius 1 is 1.18 bits per heavy atom. The second-order valence-corrected chi connectivity index (χ2v) is 5.45. The Bertz CT molecular complexity index is 529. The van der Waals surface area contributed by atoms with E-state index in [4.69, 9.17) is 5.73 Å². The minimum atomic E-state index is 0.666. The second kappa shape index (κ2) is 4.98. The van der Waals surface area contributed by atoms with E-state index in [0.717, 1.165) is 11.4 Å². The number of aryl methyl sites for hydroxylation is 1. The molecule has 2 nitrogen and oxygen atoms in total. The summed E-state index contributed by atoms with van der Waals surface area (Å²) in [5.41, 5.74) is 10.9. The molecule has 1 heterocycles. The third-order valence-electron chi connectivity index (χ3n) is 3.24. The van der Waals surface area contributed by atoms with E-state index in [9.17, 15) is 0 Å². The van der Waals surface area contributed by atoms with Crippen LogP contribution in [0.4, 0.5) is 0 Å². The van der Waals surface area contributed by atoms with Crippen molar-refractivity contribution in [1.82, 2.24) is 4.98 Å². The van der Waals surface area contributed by atoms with Gasteiger partial charge in [-0.05, 0) is 49.6 Å². The minimum Gasteiger partial charge on any atom is -0.330 e. The number of rotatable bonds is 3. The summed E-state index contributed by atoms with van der Waals surface area (Å²) in [7, 11) is 0. The van der Waals surface area contributed by atoms with Gasteiger partial charge in [0, 0.05) is 12.6 Å². The maximum atomic E-state index is 5.55. The molecule has 0 aliphatic heterocycles. The maximum Gasteiger partial charge on any atom is 0.0943 e. The van der Waals surface area contributed by atoms with Gasteiger partial charge in [0.15, 0.2) is 0 Å². The molecule has 90 valence electrons. The predicted octanol–water partition coefficient (Wildman–Crippen LogP) is 3.24. The van der Waals surface area contributed by atoms with E-state index in [2.05, 4.69) is 37.9 Å². The van der Waals surface area contributed by atoms with Crippen LogP contribution in [0.15, 0.2) is 18.3 Å². The van der Waals surface area contributed by atoms with Gasteiger partial charge in [-0.3, -0.25) is 0 Å². The molecular weight excluding hydrogens is 228 g/mol. The summed E-state index contributed by atoms with van der Waals surface area (Å²) in [6.45, 7) is 7.17. The van der Waals surface area contributed by atoms with Crippen LogP contribution in [-0.2, 0) is 6.42 Å². The fraction of sp³-hybridized carbons (Fsp3) is 0.357. The number of nitrogens with two attached hydrogens (primary N) is 1. The van der Waals surface area contributed by atoms with Crippen LogP contribution < -0.4 is 5.73 Å². The summed E-state index contributed by atoms with van der Waals surface area (Å²) < 4.78 is 0. The van der Waals surface area contributed by atoms with Crippen molar-refractivity contribution in [3.8, 4) is 10.4 Å². The molecule has 0 radical (unpaired) electrons. The zero-order chi connectivity index (χ0) is 12.4. The first kappa shape index (κ1) is 12.3. The highest BCUT2D eigenvalue weighted by Gasteiger charge is 2.09. The Hall–Kier alpha value is -1.19. The van der Waals surface area contributed by atoms with Gasteiger partial charge in [0.05, 0.1) is 9.88 Å². The monoisotopic (exact) mass is 246 g/mol. The molecule has 1 aromatic carbocycles. The Morgan fingerprint density at radius 2 is 1.94 bits per heavy atom. The zero-order valence-electron chi connectivity index (χ0n) is 10.6. The molecule has 0 bridgehead atoms. The van der Waals surface area contributed by atoms with Crippen LogP contribution in [0.2, 0.25) is 0 Å². The quantitative estimate of drug-likeness (QED) is 0.903. The predicted molar refractivity (Wildman–Crippen MR) is 74.5 cm³/mol. The SMILES string of the molecule is Cc1ccc(-c2cnc(CCN)s2)c(C)c1C. The van der Waals surface area contributed by atoms with Crippen molar-refractivity contribution in [3.63, 3.8) is 0 Å². The number of benzene rings is 1. The molecule has 3 heteroatoms. The number of thiazole rings is 1. The molecular formula is C14H18N2S. The van der Waals surface area contributed by atoms with E-state index in [1.165, 1.54) is 27.1 Å². The lowest BCUT2D eigenvalue weighted by Crippen LogP contribution is -2.01. The van der Waals surface area contributed by atoms with Gasteiger partial charge in [0.1, 0.15) is 0 Å². The van der Waals surface area contributed by atoms with Crippen molar-refractivity contribution in [3.05, 3.63) is 40.0 Å². The summed E-state index contributed by atoms with van der Waals surface area (Å²) in [5.74, 6) is 0. The van der Waals surface area contributed by atoms with Crippen molar-refractivity contribution >= 4 is 11.3 Å². The number of hydrogen-bond acceptors (Lipinski definition) is 3. The molecule has 0 amide bonds. The molecule has 0 fully saturated rings. The van der Waals surface area contributed by atoms with Crippen LogP contribution in [0.1, 0.15) is 21.7 Å². The molecule has 17 heavy (non-hydrogen) atoms. The Balaban J connectivity index is 2.42. The normalized spacial score (nSPS) is 10.8.